The third kappa shape index (κ3) is 8.99. The van der Waals surface area contributed by atoms with Gasteiger partial charge >= 0.3 is 0 Å². The van der Waals surface area contributed by atoms with Crippen LogP contribution in [0.2, 0.25) is 10.0 Å². The van der Waals surface area contributed by atoms with Gasteiger partial charge in [0, 0.05) is 29.6 Å². The molecular weight excluding hydrogens is 599 g/mol. The van der Waals surface area contributed by atoms with E-state index in [0.29, 0.717) is 34.3 Å². The molecule has 3 aromatic carbocycles. The second-order valence-electron chi connectivity index (χ2n) is 10.4. The molecule has 0 bridgehead atoms. The Morgan fingerprint density at radius 2 is 1.74 bits per heavy atom. The highest BCUT2D eigenvalue weighted by Crippen LogP contribution is 2.32. The van der Waals surface area contributed by atoms with E-state index in [1.165, 1.54) is 0 Å². The van der Waals surface area contributed by atoms with Crippen LogP contribution in [0.5, 0.6) is 5.75 Å². The van der Waals surface area contributed by atoms with Gasteiger partial charge in [-0.3, -0.25) is 9.59 Å². The largest absolute Gasteiger partial charge is 0.483 e. The Bertz CT molecular complexity index is 1280. The summed E-state index contributed by atoms with van der Waals surface area (Å²) in [4.78, 5) is 28.8. The van der Waals surface area contributed by atoms with Gasteiger partial charge in [0.15, 0.2) is 6.61 Å². The predicted molar refractivity (Wildman–Crippen MR) is 163 cm³/mol. The number of carbonyl (C=O) groups excluding carboxylic acids is 2. The topological polar surface area (TPSA) is 58.6 Å². The number of ether oxygens (including phenoxy) is 1. The third-order valence-electron chi connectivity index (χ3n) is 6.33. The maximum Gasteiger partial charge on any atom is 0.261 e. The summed E-state index contributed by atoms with van der Waals surface area (Å²) in [6, 6.07) is 19.9. The first-order valence-corrected chi connectivity index (χ1v) is 14.5. The molecule has 5 nitrogen and oxygen atoms in total. The van der Waals surface area contributed by atoms with Gasteiger partial charge < -0.3 is 15.0 Å². The van der Waals surface area contributed by atoms with Gasteiger partial charge in [-0.15, -0.1) is 0 Å². The summed E-state index contributed by atoms with van der Waals surface area (Å²) in [5.41, 5.74) is 2.74. The van der Waals surface area contributed by atoms with Gasteiger partial charge in [0.2, 0.25) is 5.91 Å². The lowest BCUT2D eigenvalue weighted by atomic mass is 9.87. The molecule has 0 unspecified atom stereocenters. The van der Waals surface area contributed by atoms with E-state index in [1.807, 2.05) is 55.5 Å². The van der Waals surface area contributed by atoms with Crippen molar-refractivity contribution < 1.29 is 14.3 Å². The van der Waals surface area contributed by atoms with E-state index in [9.17, 15) is 9.59 Å². The number of rotatable bonds is 11. The zero-order chi connectivity index (χ0) is 28.6. The minimum absolute atomic E-state index is 0.0258. The van der Waals surface area contributed by atoms with Crippen molar-refractivity contribution in [1.82, 2.24) is 10.2 Å². The standard InChI is InChI=1S/C31H35BrCl2N2O3/c1-5-15-35-30(38)27(16-21-9-7-6-8-10-21)36(19-22-11-13-24(33)18-26(22)34)29(37)20-39-28-14-12-23(17-25(28)32)31(2,3)4/h6-14,17-18,27H,5,15-16,19-20H2,1-4H3,(H,35,38)/t27-/m1/s1. The van der Waals surface area contributed by atoms with Gasteiger partial charge in [0.25, 0.3) is 5.91 Å². The van der Waals surface area contributed by atoms with E-state index in [0.717, 1.165) is 22.0 Å². The molecule has 0 spiro atoms. The Morgan fingerprint density at radius 3 is 2.36 bits per heavy atom. The smallest absolute Gasteiger partial charge is 0.261 e. The summed E-state index contributed by atoms with van der Waals surface area (Å²) in [7, 11) is 0. The van der Waals surface area contributed by atoms with Gasteiger partial charge in [-0.25, -0.2) is 0 Å². The normalized spacial score (nSPS) is 12.1. The lowest BCUT2D eigenvalue weighted by molar-refractivity contribution is -0.142. The lowest BCUT2D eigenvalue weighted by Crippen LogP contribution is -2.51. The number of amides is 2. The first-order chi connectivity index (χ1) is 18.5. The maximum absolute atomic E-state index is 13.8. The summed E-state index contributed by atoms with van der Waals surface area (Å²) < 4.78 is 6.73. The first kappa shape index (κ1) is 31.0. The highest BCUT2D eigenvalue weighted by molar-refractivity contribution is 9.10. The van der Waals surface area contributed by atoms with Crippen LogP contribution in [0.1, 0.15) is 50.8 Å². The maximum atomic E-state index is 13.8. The molecule has 0 aliphatic carbocycles. The molecule has 0 saturated heterocycles. The predicted octanol–water partition coefficient (Wildman–Crippen LogP) is 7.60. The fourth-order valence-electron chi connectivity index (χ4n) is 4.06. The molecule has 0 radical (unpaired) electrons. The molecule has 0 fully saturated rings. The Morgan fingerprint density at radius 1 is 1.03 bits per heavy atom. The average Bonchev–Trinajstić information content (AvgIpc) is 2.89. The van der Waals surface area contributed by atoms with Crippen molar-refractivity contribution in [1.29, 1.82) is 0 Å². The van der Waals surface area contributed by atoms with Crippen LogP contribution in [0.3, 0.4) is 0 Å². The molecule has 2 amide bonds. The van der Waals surface area contributed by atoms with Crippen LogP contribution in [0.4, 0.5) is 0 Å². The van der Waals surface area contributed by atoms with Gasteiger partial charge in [-0.1, -0.05) is 93.4 Å². The molecule has 0 heterocycles. The Labute approximate surface area is 250 Å². The van der Waals surface area contributed by atoms with Crippen molar-refractivity contribution >= 4 is 50.9 Å². The molecule has 39 heavy (non-hydrogen) atoms. The third-order valence-corrected chi connectivity index (χ3v) is 7.53. The van der Waals surface area contributed by atoms with Crippen LogP contribution in [-0.4, -0.2) is 35.9 Å². The van der Waals surface area contributed by atoms with E-state index in [-0.39, 0.29) is 30.4 Å². The van der Waals surface area contributed by atoms with Crippen molar-refractivity contribution in [2.45, 2.75) is 58.5 Å². The summed E-state index contributed by atoms with van der Waals surface area (Å²) in [5, 5.41) is 3.89. The lowest BCUT2D eigenvalue weighted by Gasteiger charge is -2.32. The molecular formula is C31H35BrCl2N2O3. The molecule has 3 rings (SSSR count). The Hall–Kier alpha value is -2.54. The molecule has 208 valence electrons. The minimum Gasteiger partial charge on any atom is -0.483 e. The van der Waals surface area contributed by atoms with Gasteiger partial charge in [0.05, 0.1) is 4.47 Å². The summed E-state index contributed by atoms with van der Waals surface area (Å²) in [6.45, 7) is 8.78. The van der Waals surface area contributed by atoms with Crippen molar-refractivity contribution in [2.24, 2.45) is 0 Å². The number of halogens is 3. The number of nitrogens with zero attached hydrogens (tertiary/aromatic N) is 1. The monoisotopic (exact) mass is 632 g/mol. The second-order valence-corrected chi connectivity index (χ2v) is 12.1. The zero-order valence-corrected chi connectivity index (χ0v) is 25.9. The fraction of sp³-hybridized carbons (Fsp3) is 0.355. The van der Waals surface area contributed by atoms with Crippen molar-refractivity contribution in [3.05, 3.63) is 97.9 Å². The summed E-state index contributed by atoms with van der Waals surface area (Å²) in [5.74, 6) is -0.00823. The molecule has 8 heteroatoms. The number of hydrogen-bond acceptors (Lipinski definition) is 3. The summed E-state index contributed by atoms with van der Waals surface area (Å²) in [6.07, 6.45) is 1.12. The zero-order valence-electron chi connectivity index (χ0n) is 22.8. The van der Waals surface area contributed by atoms with Crippen LogP contribution in [0.25, 0.3) is 0 Å². The summed E-state index contributed by atoms with van der Waals surface area (Å²) >= 11 is 16.2. The van der Waals surface area contributed by atoms with Crippen molar-refractivity contribution in [2.75, 3.05) is 13.2 Å². The molecule has 0 aliphatic rings. The number of carbonyl (C=O) groups is 2. The van der Waals surface area contributed by atoms with Crippen molar-refractivity contribution in [3.8, 4) is 5.75 Å². The van der Waals surface area contributed by atoms with Crippen molar-refractivity contribution in [3.63, 3.8) is 0 Å². The minimum atomic E-state index is -0.770. The molecule has 1 N–H and O–H groups in total. The number of nitrogens with one attached hydrogen (secondary N) is 1. The SMILES string of the molecule is CCCNC(=O)[C@@H](Cc1ccccc1)N(Cc1ccc(Cl)cc1Cl)C(=O)COc1ccc(C(C)(C)C)cc1Br. The van der Waals surface area contributed by atoms with E-state index < -0.39 is 6.04 Å². The fourth-order valence-corrected chi connectivity index (χ4v) is 5.02. The van der Waals surface area contributed by atoms with Crippen LogP contribution < -0.4 is 10.1 Å². The highest BCUT2D eigenvalue weighted by atomic mass is 79.9. The van der Waals surface area contributed by atoms with Crippen LogP contribution in [0, 0.1) is 0 Å². The van der Waals surface area contributed by atoms with Gasteiger partial charge in [-0.05, 0) is 68.7 Å². The second kappa shape index (κ2) is 14.2. The Kier molecular flexibility index (Phi) is 11.3. The molecule has 3 aromatic rings. The first-order valence-electron chi connectivity index (χ1n) is 13.0. The van der Waals surface area contributed by atoms with Crippen LogP contribution in [-0.2, 0) is 28.0 Å². The quantitative estimate of drug-likeness (QED) is 0.237. The van der Waals surface area contributed by atoms with Gasteiger partial charge in [-0.2, -0.15) is 0 Å². The van der Waals surface area contributed by atoms with E-state index in [4.69, 9.17) is 27.9 Å². The molecule has 0 aliphatic heterocycles. The van der Waals surface area contributed by atoms with E-state index in [2.05, 4.69) is 42.0 Å². The number of hydrogen-bond donors (Lipinski definition) is 1. The molecule has 0 saturated carbocycles. The molecule has 1 atom stereocenters. The van der Waals surface area contributed by atoms with E-state index >= 15 is 0 Å². The Balaban J connectivity index is 1.92. The number of benzene rings is 3. The average molecular weight is 634 g/mol. The van der Waals surface area contributed by atoms with Gasteiger partial charge in [0.1, 0.15) is 11.8 Å². The highest BCUT2D eigenvalue weighted by Gasteiger charge is 2.31. The van der Waals surface area contributed by atoms with Crippen LogP contribution in [0.15, 0.2) is 71.2 Å². The van der Waals surface area contributed by atoms with E-state index in [1.54, 1.807) is 23.1 Å². The molecule has 0 aromatic heterocycles. The van der Waals surface area contributed by atoms with Crippen LogP contribution >= 0.6 is 39.1 Å².